The Morgan fingerprint density at radius 3 is 2.35 bits per heavy atom. The van der Waals surface area contributed by atoms with Gasteiger partial charge in [-0.25, -0.2) is 4.79 Å². The summed E-state index contributed by atoms with van der Waals surface area (Å²) in [6, 6.07) is 2.69. The van der Waals surface area contributed by atoms with Crippen LogP contribution in [-0.2, 0) is 0 Å². The first-order valence-electron chi connectivity index (χ1n) is 5.37. The number of carboxylic acids is 1. The van der Waals surface area contributed by atoms with Gasteiger partial charge >= 0.3 is 5.97 Å². The second kappa shape index (κ2) is 4.45. The highest BCUT2D eigenvalue weighted by atomic mass is 16.4. The van der Waals surface area contributed by atoms with Crippen LogP contribution in [0.1, 0.15) is 34.0 Å². The van der Waals surface area contributed by atoms with Crippen molar-refractivity contribution in [1.29, 1.82) is 0 Å². The van der Waals surface area contributed by atoms with E-state index in [1.807, 2.05) is 0 Å². The fraction of sp³-hybridized carbons (Fsp3) is 0.333. The molecule has 1 aliphatic rings. The zero-order chi connectivity index (χ0) is 12.4. The lowest BCUT2D eigenvalue weighted by Gasteiger charge is -2.27. The Labute approximate surface area is 98.3 Å². The van der Waals surface area contributed by atoms with Crippen LogP contribution in [0.15, 0.2) is 28.7 Å². The Morgan fingerprint density at radius 1 is 1.24 bits per heavy atom. The van der Waals surface area contributed by atoms with Crippen LogP contribution in [0.5, 0.6) is 0 Å². The second-order valence-corrected chi connectivity index (χ2v) is 4.01. The SMILES string of the molecule is C=C1CCN(C(=O)c2ccc(C(=O)O)o2)CC1. The summed E-state index contributed by atoms with van der Waals surface area (Å²) in [5.41, 5.74) is 1.14. The summed E-state index contributed by atoms with van der Waals surface area (Å²) >= 11 is 0. The first-order valence-corrected chi connectivity index (χ1v) is 5.37. The summed E-state index contributed by atoms with van der Waals surface area (Å²) in [4.78, 5) is 24.2. The lowest BCUT2D eigenvalue weighted by atomic mass is 10.1. The minimum absolute atomic E-state index is 0.0786. The fourth-order valence-electron chi connectivity index (χ4n) is 1.75. The maximum absolute atomic E-state index is 12.0. The van der Waals surface area contributed by atoms with Crippen molar-refractivity contribution in [3.05, 3.63) is 35.8 Å². The van der Waals surface area contributed by atoms with Gasteiger partial charge < -0.3 is 14.4 Å². The average molecular weight is 235 g/mol. The minimum Gasteiger partial charge on any atom is -0.475 e. The second-order valence-electron chi connectivity index (χ2n) is 4.01. The number of hydrogen-bond acceptors (Lipinski definition) is 3. The largest absolute Gasteiger partial charge is 0.475 e. The van der Waals surface area contributed by atoms with Gasteiger partial charge in [-0.3, -0.25) is 4.79 Å². The summed E-state index contributed by atoms with van der Waals surface area (Å²) in [6.45, 7) is 5.09. The molecule has 5 heteroatoms. The van der Waals surface area contributed by atoms with E-state index >= 15 is 0 Å². The van der Waals surface area contributed by atoms with Gasteiger partial charge in [0, 0.05) is 13.1 Å². The monoisotopic (exact) mass is 235 g/mol. The number of carbonyl (C=O) groups is 2. The van der Waals surface area contributed by atoms with Gasteiger partial charge in [-0.15, -0.1) is 0 Å². The zero-order valence-electron chi connectivity index (χ0n) is 9.31. The van der Waals surface area contributed by atoms with E-state index in [0.29, 0.717) is 13.1 Å². The zero-order valence-corrected chi connectivity index (χ0v) is 9.31. The molecule has 2 rings (SSSR count). The van der Waals surface area contributed by atoms with Crippen LogP contribution >= 0.6 is 0 Å². The van der Waals surface area contributed by atoms with Crippen molar-refractivity contribution in [3.8, 4) is 0 Å². The highest BCUT2D eigenvalue weighted by Crippen LogP contribution is 2.17. The van der Waals surface area contributed by atoms with E-state index in [4.69, 9.17) is 9.52 Å². The summed E-state index contributed by atoms with van der Waals surface area (Å²) in [5.74, 6) is -1.56. The van der Waals surface area contributed by atoms with E-state index in [1.165, 1.54) is 12.1 Å². The molecule has 5 nitrogen and oxygen atoms in total. The predicted molar refractivity (Wildman–Crippen MR) is 59.9 cm³/mol. The number of furan rings is 1. The normalized spacial score (nSPS) is 16.0. The van der Waals surface area contributed by atoms with Crippen molar-refractivity contribution in [3.63, 3.8) is 0 Å². The van der Waals surface area contributed by atoms with Crippen molar-refractivity contribution in [2.75, 3.05) is 13.1 Å². The summed E-state index contributed by atoms with van der Waals surface area (Å²) < 4.78 is 4.97. The molecule has 0 aliphatic carbocycles. The molecule has 0 atom stereocenters. The highest BCUT2D eigenvalue weighted by Gasteiger charge is 2.23. The van der Waals surface area contributed by atoms with Crippen molar-refractivity contribution >= 4 is 11.9 Å². The Bertz CT molecular complexity index is 465. The Balaban J connectivity index is 2.08. The van der Waals surface area contributed by atoms with Gasteiger partial charge in [-0.1, -0.05) is 12.2 Å². The van der Waals surface area contributed by atoms with E-state index in [1.54, 1.807) is 4.90 Å². The summed E-state index contributed by atoms with van der Waals surface area (Å²) in [6.07, 6.45) is 1.58. The van der Waals surface area contributed by atoms with E-state index in [-0.39, 0.29) is 17.4 Å². The van der Waals surface area contributed by atoms with Crippen LogP contribution in [0, 0.1) is 0 Å². The summed E-state index contributed by atoms with van der Waals surface area (Å²) in [7, 11) is 0. The van der Waals surface area contributed by atoms with Crippen LogP contribution in [0.2, 0.25) is 0 Å². The maximum atomic E-state index is 12.0. The number of hydrogen-bond donors (Lipinski definition) is 1. The van der Waals surface area contributed by atoms with Crippen LogP contribution in [0.4, 0.5) is 0 Å². The molecule has 2 heterocycles. The molecule has 1 amide bonds. The standard InChI is InChI=1S/C12H13NO4/c1-8-4-6-13(7-5-8)11(14)9-2-3-10(17-9)12(15)16/h2-3H,1,4-7H2,(H,15,16). The molecule has 1 aromatic heterocycles. The average Bonchev–Trinajstić information content (AvgIpc) is 2.78. The number of aromatic carboxylic acids is 1. The number of piperidine rings is 1. The third-order valence-electron chi connectivity index (χ3n) is 2.79. The molecule has 1 aromatic rings. The molecular weight excluding hydrogens is 222 g/mol. The molecule has 0 saturated carbocycles. The number of amides is 1. The fourth-order valence-corrected chi connectivity index (χ4v) is 1.75. The number of likely N-dealkylation sites (tertiary alicyclic amines) is 1. The van der Waals surface area contributed by atoms with Crippen LogP contribution in [0.25, 0.3) is 0 Å². The molecule has 0 radical (unpaired) electrons. The number of carboxylic acid groups (broad SMARTS) is 1. The summed E-state index contributed by atoms with van der Waals surface area (Å²) in [5, 5.41) is 8.69. The van der Waals surface area contributed by atoms with Crippen LogP contribution in [0.3, 0.4) is 0 Å². The number of carbonyl (C=O) groups excluding carboxylic acids is 1. The molecular formula is C12H13NO4. The van der Waals surface area contributed by atoms with Gasteiger partial charge in [-0.05, 0) is 25.0 Å². The molecule has 0 aromatic carbocycles. The van der Waals surface area contributed by atoms with E-state index in [9.17, 15) is 9.59 Å². The van der Waals surface area contributed by atoms with E-state index in [2.05, 4.69) is 6.58 Å². The molecule has 1 N–H and O–H groups in total. The quantitative estimate of drug-likeness (QED) is 0.793. The molecule has 17 heavy (non-hydrogen) atoms. The van der Waals surface area contributed by atoms with Gasteiger partial charge in [0.2, 0.25) is 5.76 Å². The van der Waals surface area contributed by atoms with Crippen LogP contribution in [-0.4, -0.2) is 35.0 Å². The minimum atomic E-state index is -1.17. The third-order valence-corrected chi connectivity index (χ3v) is 2.79. The molecule has 0 spiro atoms. The lowest BCUT2D eigenvalue weighted by molar-refractivity contribution is 0.0647. The maximum Gasteiger partial charge on any atom is 0.371 e. The number of nitrogens with zero attached hydrogens (tertiary/aromatic N) is 1. The molecule has 0 unspecified atom stereocenters. The lowest BCUT2D eigenvalue weighted by Crippen LogP contribution is -2.36. The Kier molecular flexibility index (Phi) is 2.99. The van der Waals surface area contributed by atoms with Crippen LogP contribution < -0.4 is 0 Å². The van der Waals surface area contributed by atoms with E-state index < -0.39 is 5.97 Å². The van der Waals surface area contributed by atoms with Gasteiger partial charge in [0.05, 0.1) is 0 Å². The predicted octanol–water partition coefficient (Wildman–Crippen LogP) is 1.77. The van der Waals surface area contributed by atoms with Gasteiger partial charge in [-0.2, -0.15) is 0 Å². The first kappa shape index (κ1) is 11.4. The highest BCUT2D eigenvalue weighted by molar-refractivity contribution is 5.93. The van der Waals surface area contributed by atoms with Crippen molar-refractivity contribution < 1.29 is 19.1 Å². The van der Waals surface area contributed by atoms with Gasteiger partial charge in [0.1, 0.15) is 0 Å². The molecule has 90 valence electrons. The molecule has 0 bridgehead atoms. The third kappa shape index (κ3) is 2.38. The van der Waals surface area contributed by atoms with Crippen molar-refractivity contribution in [1.82, 2.24) is 4.90 Å². The van der Waals surface area contributed by atoms with Crippen molar-refractivity contribution in [2.45, 2.75) is 12.8 Å². The van der Waals surface area contributed by atoms with Gasteiger partial charge in [0.25, 0.3) is 5.91 Å². The van der Waals surface area contributed by atoms with Gasteiger partial charge in [0.15, 0.2) is 5.76 Å². The Hall–Kier alpha value is -2.04. The molecule has 1 fully saturated rings. The Morgan fingerprint density at radius 2 is 1.82 bits per heavy atom. The van der Waals surface area contributed by atoms with E-state index in [0.717, 1.165) is 18.4 Å². The van der Waals surface area contributed by atoms with Crippen molar-refractivity contribution in [2.24, 2.45) is 0 Å². The topological polar surface area (TPSA) is 70.8 Å². The first-order chi connectivity index (χ1) is 8.08. The number of rotatable bonds is 2. The smallest absolute Gasteiger partial charge is 0.371 e. The molecule has 1 aliphatic heterocycles. The molecule has 1 saturated heterocycles.